The Bertz CT molecular complexity index is 792. The number of nitrogens with zero attached hydrogens (tertiary/aromatic N) is 1. The zero-order chi connectivity index (χ0) is 21.7. The van der Waals surface area contributed by atoms with E-state index >= 15 is 0 Å². The number of sulfonamides is 1. The first-order chi connectivity index (χ1) is 14.2. The highest BCUT2D eigenvalue weighted by Gasteiger charge is 2.39. The Morgan fingerprint density at radius 2 is 1.80 bits per heavy atom. The molecule has 7 nitrogen and oxygen atoms in total. The average Bonchev–Trinajstić information content (AvgIpc) is 3.08. The van der Waals surface area contributed by atoms with E-state index in [1.165, 1.54) is 5.56 Å². The summed E-state index contributed by atoms with van der Waals surface area (Å²) in [5.74, 6) is 0.575. The number of ether oxygens (including phenoxy) is 1. The zero-order valence-corrected chi connectivity index (χ0v) is 19.0. The Morgan fingerprint density at radius 3 is 2.40 bits per heavy atom. The van der Waals surface area contributed by atoms with Crippen molar-refractivity contribution in [1.82, 2.24) is 14.9 Å². The van der Waals surface area contributed by atoms with Crippen molar-refractivity contribution in [1.29, 1.82) is 0 Å². The van der Waals surface area contributed by atoms with Crippen molar-refractivity contribution in [3.63, 3.8) is 0 Å². The van der Waals surface area contributed by atoms with Gasteiger partial charge in [0.2, 0.25) is 10.0 Å². The number of carbonyl (C=O) groups is 1. The largest absolute Gasteiger partial charge is 0.376 e. The molecule has 2 aliphatic rings. The summed E-state index contributed by atoms with van der Waals surface area (Å²) >= 11 is 0. The molecule has 0 spiro atoms. The van der Waals surface area contributed by atoms with Gasteiger partial charge in [0.1, 0.15) is 0 Å². The van der Waals surface area contributed by atoms with Crippen LogP contribution in [0.15, 0.2) is 30.3 Å². The third kappa shape index (κ3) is 6.43. The van der Waals surface area contributed by atoms with Crippen molar-refractivity contribution < 1.29 is 17.9 Å². The van der Waals surface area contributed by atoms with E-state index in [2.05, 4.69) is 34.3 Å². The van der Waals surface area contributed by atoms with Gasteiger partial charge in [0, 0.05) is 18.6 Å². The first-order valence-corrected chi connectivity index (χ1v) is 12.8. The van der Waals surface area contributed by atoms with E-state index in [0.717, 1.165) is 31.9 Å². The van der Waals surface area contributed by atoms with Gasteiger partial charge >= 0.3 is 6.03 Å². The minimum Gasteiger partial charge on any atom is -0.376 e. The van der Waals surface area contributed by atoms with Gasteiger partial charge in [-0.3, -0.25) is 0 Å². The maximum atomic E-state index is 12.6. The summed E-state index contributed by atoms with van der Waals surface area (Å²) in [6.45, 7) is 4.69. The van der Waals surface area contributed by atoms with Gasteiger partial charge in [-0.05, 0) is 57.4 Å². The molecule has 30 heavy (non-hydrogen) atoms. The second-order valence-corrected chi connectivity index (χ2v) is 10.6. The molecule has 2 fully saturated rings. The van der Waals surface area contributed by atoms with Crippen LogP contribution < -0.4 is 10.0 Å². The molecule has 3 rings (SSSR count). The number of hydrogen-bond donors (Lipinski definition) is 2. The summed E-state index contributed by atoms with van der Waals surface area (Å²) in [6.07, 6.45) is 6.03. The van der Waals surface area contributed by atoms with Crippen LogP contribution in [0.1, 0.15) is 57.4 Å². The standard InChI is InChI=1S/C22H35N3O4S/c1-16(2)23-22(26)25-14-13-20(24-30(3,27)28)21(25)15-29-19-11-9-18(10-12-19)17-7-5-4-6-8-17/h4-8,16,18-21,24H,9-15H2,1-3H3,(H,23,26)/t18-,19+,20-,21-/m0/s1. The van der Waals surface area contributed by atoms with Crippen molar-refractivity contribution in [2.45, 2.75) is 76.1 Å². The summed E-state index contributed by atoms with van der Waals surface area (Å²) in [5.41, 5.74) is 1.39. The Morgan fingerprint density at radius 1 is 1.13 bits per heavy atom. The van der Waals surface area contributed by atoms with Gasteiger partial charge in [0.15, 0.2) is 0 Å². The van der Waals surface area contributed by atoms with Crippen LogP contribution in [0.2, 0.25) is 0 Å². The molecule has 2 atom stereocenters. The van der Waals surface area contributed by atoms with Crippen LogP contribution in [0.25, 0.3) is 0 Å². The number of likely N-dealkylation sites (tertiary alicyclic amines) is 1. The number of hydrogen-bond acceptors (Lipinski definition) is 4. The van der Waals surface area contributed by atoms with E-state index in [1.54, 1.807) is 4.90 Å². The molecule has 8 heteroatoms. The van der Waals surface area contributed by atoms with Gasteiger partial charge in [-0.2, -0.15) is 0 Å². The predicted molar refractivity (Wildman–Crippen MR) is 118 cm³/mol. The number of urea groups is 1. The van der Waals surface area contributed by atoms with E-state index in [-0.39, 0.29) is 30.3 Å². The van der Waals surface area contributed by atoms with Gasteiger partial charge in [-0.1, -0.05) is 30.3 Å². The second kappa shape index (κ2) is 10.1. The van der Waals surface area contributed by atoms with Crippen molar-refractivity contribution in [2.75, 3.05) is 19.4 Å². The Kier molecular flexibility index (Phi) is 7.76. The Labute approximate surface area is 180 Å². The molecule has 2 amide bonds. The predicted octanol–water partition coefficient (Wildman–Crippen LogP) is 2.84. The van der Waals surface area contributed by atoms with Gasteiger partial charge in [0.05, 0.1) is 25.0 Å². The summed E-state index contributed by atoms with van der Waals surface area (Å²) < 4.78 is 32.5. The normalized spacial score (nSPS) is 27.4. The fraction of sp³-hybridized carbons (Fsp3) is 0.682. The minimum absolute atomic E-state index is 0.0225. The van der Waals surface area contributed by atoms with Crippen molar-refractivity contribution in [2.24, 2.45) is 0 Å². The van der Waals surface area contributed by atoms with E-state index < -0.39 is 10.0 Å². The fourth-order valence-corrected chi connectivity index (χ4v) is 5.40. The van der Waals surface area contributed by atoms with Crippen LogP contribution in [0.4, 0.5) is 4.79 Å². The lowest BCUT2D eigenvalue weighted by Crippen LogP contribution is -2.52. The van der Waals surface area contributed by atoms with E-state index in [4.69, 9.17) is 4.74 Å². The van der Waals surface area contributed by atoms with Crippen molar-refractivity contribution in [3.05, 3.63) is 35.9 Å². The first-order valence-electron chi connectivity index (χ1n) is 10.9. The Balaban J connectivity index is 1.57. The Hall–Kier alpha value is -1.64. The highest BCUT2D eigenvalue weighted by Crippen LogP contribution is 2.34. The molecule has 2 N–H and O–H groups in total. The number of carbonyl (C=O) groups excluding carboxylic acids is 1. The molecule has 0 bridgehead atoms. The van der Waals surface area contributed by atoms with Gasteiger partial charge in [-0.25, -0.2) is 17.9 Å². The van der Waals surface area contributed by atoms with Crippen LogP contribution in [-0.4, -0.2) is 63.0 Å². The lowest BCUT2D eigenvalue weighted by Gasteiger charge is -2.33. The topological polar surface area (TPSA) is 87.7 Å². The van der Waals surface area contributed by atoms with Crippen molar-refractivity contribution >= 4 is 16.1 Å². The van der Waals surface area contributed by atoms with Gasteiger partial charge in [0.25, 0.3) is 0 Å². The second-order valence-electron chi connectivity index (χ2n) is 8.87. The number of amides is 2. The zero-order valence-electron chi connectivity index (χ0n) is 18.2. The van der Waals surface area contributed by atoms with E-state index in [0.29, 0.717) is 25.5 Å². The molecule has 1 saturated heterocycles. The van der Waals surface area contributed by atoms with Crippen LogP contribution >= 0.6 is 0 Å². The molecule has 0 radical (unpaired) electrons. The highest BCUT2D eigenvalue weighted by molar-refractivity contribution is 7.88. The third-order valence-corrected chi connectivity index (χ3v) is 6.76. The number of nitrogens with one attached hydrogen (secondary N) is 2. The van der Waals surface area contributed by atoms with E-state index in [9.17, 15) is 13.2 Å². The molecule has 0 unspecified atom stereocenters. The fourth-order valence-electron chi connectivity index (χ4n) is 4.58. The summed E-state index contributed by atoms with van der Waals surface area (Å²) in [7, 11) is -3.36. The first kappa shape index (κ1) is 23.0. The van der Waals surface area contributed by atoms with Crippen LogP contribution in [-0.2, 0) is 14.8 Å². The number of benzene rings is 1. The van der Waals surface area contributed by atoms with Crippen LogP contribution in [0, 0.1) is 0 Å². The van der Waals surface area contributed by atoms with E-state index in [1.807, 2.05) is 19.9 Å². The van der Waals surface area contributed by atoms with Crippen LogP contribution in [0.3, 0.4) is 0 Å². The molecule has 0 aromatic heterocycles. The summed E-state index contributed by atoms with van der Waals surface area (Å²) in [5, 5.41) is 2.91. The van der Waals surface area contributed by atoms with Gasteiger partial charge < -0.3 is 15.0 Å². The molecule has 1 aliphatic heterocycles. The monoisotopic (exact) mass is 437 g/mol. The highest BCUT2D eigenvalue weighted by atomic mass is 32.2. The molecule has 1 saturated carbocycles. The maximum absolute atomic E-state index is 12.6. The molecule has 1 heterocycles. The molecular formula is C22H35N3O4S. The third-order valence-electron chi connectivity index (χ3n) is 6.03. The molecule has 1 aromatic carbocycles. The van der Waals surface area contributed by atoms with Crippen molar-refractivity contribution in [3.8, 4) is 0 Å². The SMILES string of the molecule is CC(C)NC(=O)N1CC[C@H](NS(C)(=O)=O)[C@@H]1CO[C@H]1CC[C@@H](c2ccccc2)CC1. The number of rotatable bonds is 7. The van der Waals surface area contributed by atoms with Gasteiger partial charge in [-0.15, -0.1) is 0 Å². The minimum atomic E-state index is -3.36. The lowest BCUT2D eigenvalue weighted by molar-refractivity contribution is -0.000748. The molecule has 168 valence electrons. The molecule has 1 aliphatic carbocycles. The average molecular weight is 438 g/mol. The molecule has 1 aromatic rings. The summed E-state index contributed by atoms with van der Waals surface area (Å²) in [6, 6.07) is 9.84. The van der Waals surface area contributed by atoms with Crippen LogP contribution in [0.5, 0.6) is 0 Å². The quantitative estimate of drug-likeness (QED) is 0.687. The maximum Gasteiger partial charge on any atom is 0.317 e. The summed E-state index contributed by atoms with van der Waals surface area (Å²) in [4.78, 5) is 14.3. The lowest BCUT2D eigenvalue weighted by atomic mass is 9.83. The molecular weight excluding hydrogens is 402 g/mol. The smallest absolute Gasteiger partial charge is 0.317 e.